The molecule has 0 bridgehead atoms. The summed E-state index contributed by atoms with van der Waals surface area (Å²) in [4.78, 5) is 61.9. The van der Waals surface area contributed by atoms with E-state index in [-0.39, 0.29) is 25.1 Å². The van der Waals surface area contributed by atoms with Crippen molar-refractivity contribution in [2.45, 2.75) is 173 Å². The number of carbonyl (C=O) groups excluding carboxylic acids is 2. The minimum Gasteiger partial charge on any atom is -0.462 e. The average Bonchev–Trinajstić information content (AvgIpc) is 3.63. The first kappa shape index (κ1) is 64.8. The van der Waals surface area contributed by atoms with Crippen molar-refractivity contribution in [2.75, 3.05) is 25.6 Å². The Labute approximate surface area is 431 Å². The number of nitrogen functional groups attached to an aromatic ring is 1. The van der Waals surface area contributed by atoms with Gasteiger partial charge in [-0.1, -0.05) is 150 Å². The van der Waals surface area contributed by atoms with Gasteiger partial charge >= 0.3 is 33.3 Å². The zero-order chi connectivity index (χ0) is 53.6. The van der Waals surface area contributed by atoms with E-state index in [1.165, 1.54) is 37.8 Å². The molecule has 1 fully saturated rings. The summed E-state index contributed by atoms with van der Waals surface area (Å²) in [5, 5.41) is 31.3. The molecule has 21 heteroatoms. The van der Waals surface area contributed by atoms with Gasteiger partial charge in [0.25, 0.3) is 0 Å². The largest absolute Gasteiger partial charge is 0.481 e. The van der Waals surface area contributed by atoms with E-state index in [9.17, 15) is 48.6 Å². The van der Waals surface area contributed by atoms with E-state index in [0.717, 1.165) is 75.0 Å². The molecule has 1 aromatic heterocycles. The number of phosphoric ester groups is 2. The Bertz CT molecular complexity index is 2120. The molecule has 3 unspecified atom stereocenters. The Kier molecular flexibility index (Phi) is 34.7. The number of carbonyl (C=O) groups is 2. The van der Waals surface area contributed by atoms with Crippen molar-refractivity contribution in [3.05, 3.63) is 120 Å². The van der Waals surface area contributed by atoms with Crippen molar-refractivity contribution in [1.29, 1.82) is 0 Å². The van der Waals surface area contributed by atoms with Crippen LogP contribution in [0.2, 0.25) is 0 Å². The molecular formula is C52H81N3O16P2. The van der Waals surface area contributed by atoms with Crippen LogP contribution in [0.5, 0.6) is 0 Å². The first-order valence-electron chi connectivity index (χ1n) is 25.4. The molecule has 0 saturated carbocycles. The van der Waals surface area contributed by atoms with Crippen LogP contribution in [0.25, 0.3) is 0 Å². The topological polar surface area (TPSA) is 286 Å². The van der Waals surface area contributed by atoms with Gasteiger partial charge in [-0.05, 0) is 76.7 Å². The summed E-state index contributed by atoms with van der Waals surface area (Å²) in [7, 11) is -11.0. The highest BCUT2D eigenvalue weighted by Gasteiger charge is 2.46. The molecule has 0 aromatic carbocycles. The van der Waals surface area contributed by atoms with Gasteiger partial charge in [0.2, 0.25) is 0 Å². The lowest BCUT2D eigenvalue weighted by Gasteiger charge is -2.21. The molecule has 0 radical (unpaired) electrons. The molecule has 73 heavy (non-hydrogen) atoms. The summed E-state index contributed by atoms with van der Waals surface area (Å²) >= 11 is 0. The number of esters is 2. The number of aliphatic hydroxyl groups excluding tert-OH is 3. The Morgan fingerprint density at radius 3 is 1.95 bits per heavy atom. The number of nitrogens with two attached hydrogens (primary N) is 1. The minimum absolute atomic E-state index is 0.00135. The van der Waals surface area contributed by atoms with Crippen molar-refractivity contribution >= 4 is 33.4 Å². The fourth-order valence-corrected chi connectivity index (χ4v) is 8.93. The second-order valence-electron chi connectivity index (χ2n) is 17.2. The smallest absolute Gasteiger partial charge is 0.462 e. The highest BCUT2D eigenvalue weighted by molar-refractivity contribution is 7.61. The van der Waals surface area contributed by atoms with Gasteiger partial charge in [0.15, 0.2) is 12.3 Å². The zero-order valence-corrected chi connectivity index (χ0v) is 44.3. The number of phosphoric acid groups is 2. The first-order valence-corrected chi connectivity index (χ1v) is 28.4. The van der Waals surface area contributed by atoms with Crippen LogP contribution in [0.1, 0.15) is 142 Å². The van der Waals surface area contributed by atoms with Gasteiger partial charge in [-0.2, -0.15) is 9.29 Å². The number of nitrogens with zero attached hydrogens (tertiary/aromatic N) is 2. The number of hydrogen-bond donors (Lipinski definition) is 6. The van der Waals surface area contributed by atoms with Crippen LogP contribution in [0.3, 0.4) is 0 Å². The maximum Gasteiger partial charge on any atom is 0.481 e. The Hall–Kier alpha value is -4.36. The number of aliphatic hydroxyl groups is 3. The predicted molar refractivity (Wildman–Crippen MR) is 281 cm³/mol. The summed E-state index contributed by atoms with van der Waals surface area (Å²) in [6, 6.07) is 1.23. The molecule has 0 aliphatic carbocycles. The summed E-state index contributed by atoms with van der Waals surface area (Å²) < 4.78 is 56.5. The normalized spacial score (nSPS) is 20.2. The molecule has 1 aliphatic heterocycles. The van der Waals surface area contributed by atoms with Crippen molar-refractivity contribution in [3.63, 3.8) is 0 Å². The van der Waals surface area contributed by atoms with Crippen LogP contribution in [0.15, 0.2) is 114 Å². The van der Waals surface area contributed by atoms with E-state index in [1.54, 1.807) is 12.2 Å². The number of unbranched alkanes of at least 4 members (excludes halogenated alkanes) is 9. The third kappa shape index (κ3) is 31.9. The van der Waals surface area contributed by atoms with Gasteiger partial charge in [0.1, 0.15) is 30.7 Å². The molecule has 7 N–H and O–H groups in total. The first-order chi connectivity index (χ1) is 35.1. The number of aromatic nitrogens is 2. The number of hydrogen-bond acceptors (Lipinski definition) is 16. The zero-order valence-electron chi connectivity index (χ0n) is 42.5. The summed E-state index contributed by atoms with van der Waals surface area (Å²) in [6.07, 6.45) is 39.6. The van der Waals surface area contributed by atoms with Gasteiger partial charge in [0, 0.05) is 19.0 Å². The lowest BCUT2D eigenvalue weighted by Crippen LogP contribution is -2.36. The van der Waals surface area contributed by atoms with E-state index in [2.05, 4.69) is 90.0 Å². The van der Waals surface area contributed by atoms with Gasteiger partial charge in [-0.25, -0.2) is 13.9 Å². The maximum absolute atomic E-state index is 12.9. The highest BCUT2D eigenvalue weighted by atomic mass is 31.3. The van der Waals surface area contributed by atoms with Crippen LogP contribution in [0, 0.1) is 0 Å². The van der Waals surface area contributed by atoms with Crippen LogP contribution < -0.4 is 11.4 Å². The van der Waals surface area contributed by atoms with Crippen molar-refractivity contribution in [1.82, 2.24) is 9.55 Å². The summed E-state index contributed by atoms with van der Waals surface area (Å²) in [5.41, 5.74) is 4.57. The predicted octanol–water partition coefficient (Wildman–Crippen LogP) is 9.41. The molecule has 0 spiro atoms. The molecule has 1 aliphatic rings. The van der Waals surface area contributed by atoms with Crippen LogP contribution in [-0.4, -0.2) is 96.9 Å². The third-order valence-corrected chi connectivity index (χ3v) is 13.4. The van der Waals surface area contributed by atoms with E-state index < -0.39 is 89.8 Å². The van der Waals surface area contributed by atoms with Gasteiger partial charge < -0.3 is 45.1 Å². The number of anilines is 1. The number of rotatable bonds is 40. The molecule has 1 aromatic rings. The minimum atomic E-state index is -5.48. The molecule has 0 amide bonds. The lowest BCUT2D eigenvalue weighted by atomic mass is 10.1. The van der Waals surface area contributed by atoms with E-state index in [1.807, 2.05) is 12.2 Å². The van der Waals surface area contributed by atoms with E-state index in [4.69, 9.17) is 29.0 Å². The van der Waals surface area contributed by atoms with Crippen LogP contribution in [-0.2, 0) is 46.3 Å². The second kappa shape index (κ2) is 39.1. The molecule has 410 valence electrons. The lowest BCUT2D eigenvalue weighted by molar-refractivity contribution is -0.161. The number of ether oxygens (including phenoxy) is 3. The standard InChI is InChI=1S/C52H81N3O16P2/c1-3-5-7-9-11-13-15-17-19-21-22-24-26-28-30-32-34-43(56)36-37-47(57)66-40-44(69-48(58)35-33-31-29-27-25-23-20-18-16-14-12-10-8-6-4-2)41-67-72(62,63)71-73(64,65)68-42-45-49(59)50(60)51(70-45)55-39-38-46(53)54-52(55)61/h5,7,11,13-14,16-20,22,24,28,30,32,34,38-39,43-45,49-51,56,59-60H,3-4,6,8-10,12,15,21,23,25-27,29,31,33,35-37,40-42H2,1-2H3,(H,62,63)(H,64,65)(H2,53,54,61)/b7-5-,13-11-,16-14-,19-17-,20-18-,24-22-,30-28-,34-32-/t43?,44-,45-,49-,50-,51-/m1/s1. The number of allylic oxidation sites excluding steroid dienone is 15. The monoisotopic (exact) mass is 1070 g/mol. The summed E-state index contributed by atoms with van der Waals surface area (Å²) in [6.45, 7) is 1.75. The van der Waals surface area contributed by atoms with Gasteiger partial charge in [0.05, 0.1) is 19.3 Å². The molecule has 2 heterocycles. The van der Waals surface area contributed by atoms with E-state index in [0.29, 0.717) is 12.8 Å². The quantitative estimate of drug-likeness (QED) is 0.0117. The van der Waals surface area contributed by atoms with Crippen molar-refractivity contribution < 1.29 is 71.4 Å². The fourth-order valence-electron chi connectivity index (χ4n) is 6.82. The molecular weight excluding hydrogens is 985 g/mol. The molecule has 1 saturated heterocycles. The second-order valence-corrected chi connectivity index (χ2v) is 20.2. The van der Waals surface area contributed by atoms with Crippen LogP contribution in [0.4, 0.5) is 5.82 Å². The molecule has 8 atom stereocenters. The van der Waals surface area contributed by atoms with Crippen molar-refractivity contribution in [3.8, 4) is 0 Å². The van der Waals surface area contributed by atoms with E-state index >= 15 is 0 Å². The van der Waals surface area contributed by atoms with Gasteiger partial charge in [-0.3, -0.25) is 23.2 Å². The molecule has 2 rings (SSSR count). The Morgan fingerprint density at radius 1 is 0.740 bits per heavy atom. The fraction of sp³-hybridized carbons (Fsp3) is 0.577. The average molecular weight is 1070 g/mol. The third-order valence-electron chi connectivity index (χ3n) is 10.8. The maximum atomic E-state index is 12.9. The van der Waals surface area contributed by atoms with Crippen molar-refractivity contribution in [2.24, 2.45) is 0 Å². The summed E-state index contributed by atoms with van der Waals surface area (Å²) in [5.74, 6) is -1.62. The highest BCUT2D eigenvalue weighted by Crippen LogP contribution is 2.60. The Balaban J connectivity index is 1.87. The molecule has 19 nitrogen and oxygen atoms in total. The SMILES string of the molecule is CC/C=C\C/C=C\C/C=C\C/C=C\C/C=C\C=C/C(O)CCC(=O)OC[C@H](COP(=O)(O)OP(=O)(O)OC[C@H]1O[C@@H](n2ccc(N)nc2=O)[C@H](O)[C@@H]1O)OC(=O)CCCCCCC/C=C\C=C/CCCCCC. The van der Waals surface area contributed by atoms with Crippen LogP contribution >= 0.6 is 15.6 Å². The Morgan fingerprint density at radius 2 is 1.32 bits per heavy atom. The van der Waals surface area contributed by atoms with Gasteiger partial charge in [-0.15, -0.1) is 0 Å².